The molecular formula is C17H24N2O. The molecule has 2 aromatic rings. The molecule has 1 aromatic carbocycles. The zero-order chi connectivity index (χ0) is 14.4. The number of methoxy groups -OCH3 is 1. The third kappa shape index (κ3) is 3.35. The summed E-state index contributed by atoms with van der Waals surface area (Å²) in [5.41, 5.74) is 2.40. The monoisotopic (exact) mass is 272 g/mol. The van der Waals surface area contributed by atoms with Crippen LogP contribution in [0.1, 0.15) is 31.9 Å². The molecule has 3 heteroatoms. The quantitative estimate of drug-likeness (QED) is 0.837. The van der Waals surface area contributed by atoms with Crippen LogP contribution in [-0.2, 0) is 4.74 Å². The second-order valence-corrected chi connectivity index (χ2v) is 5.21. The highest BCUT2D eigenvalue weighted by molar-refractivity contribution is 5.82. The average molecular weight is 272 g/mol. The van der Waals surface area contributed by atoms with Crippen LogP contribution in [0.4, 0.5) is 0 Å². The number of nitrogens with zero attached hydrogens (tertiary/aromatic N) is 1. The lowest BCUT2D eigenvalue weighted by molar-refractivity contribution is 0.170. The van der Waals surface area contributed by atoms with Crippen LogP contribution in [0, 0.1) is 5.92 Å². The Labute approximate surface area is 121 Å². The zero-order valence-corrected chi connectivity index (χ0v) is 12.6. The molecule has 20 heavy (non-hydrogen) atoms. The number of nitrogens with one attached hydrogen (secondary N) is 1. The first-order valence-electron chi connectivity index (χ1n) is 7.34. The lowest BCUT2D eigenvalue weighted by Crippen LogP contribution is -2.27. The van der Waals surface area contributed by atoms with Gasteiger partial charge in [0.1, 0.15) is 0 Å². The van der Waals surface area contributed by atoms with E-state index in [0.717, 1.165) is 25.1 Å². The van der Waals surface area contributed by atoms with E-state index in [1.54, 1.807) is 7.11 Å². The number of aromatic nitrogens is 1. The van der Waals surface area contributed by atoms with E-state index in [9.17, 15) is 0 Å². The molecular weight excluding hydrogens is 248 g/mol. The number of rotatable bonds is 7. The van der Waals surface area contributed by atoms with Gasteiger partial charge in [-0.2, -0.15) is 0 Å². The molecule has 108 valence electrons. The van der Waals surface area contributed by atoms with Crippen molar-refractivity contribution in [2.45, 2.75) is 26.3 Å². The summed E-state index contributed by atoms with van der Waals surface area (Å²) in [7, 11) is 1.76. The van der Waals surface area contributed by atoms with Gasteiger partial charge in [0.05, 0.1) is 5.52 Å². The summed E-state index contributed by atoms with van der Waals surface area (Å²) in [5.74, 6) is 0.515. The van der Waals surface area contributed by atoms with Gasteiger partial charge in [-0.1, -0.05) is 32.0 Å². The Morgan fingerprint density at radius 2 is 2.05 bits per heavy atom. The molecule has 1 heterocycles. The molecule has 1 aromatic heterocycles. The number of pyridine rings is 1. The molecule has 0 amide bonds. The van der Waals surface area contributed by atoms with E-state index in [-0.39, 0.29) is 0 Å². The fraction of sp³-hybridized carbons (Fsp3) is 0.471. The number of ether oxygens (including phenoxy) is 1. The third-order valence-electron chi connectivity index (χ3n) is 3.79. The third-order valence-corrected chi connectivity index (χ3v) is 3.79. The Kier molecular flexibility index (Phi) is 5.50. The van der Waals surface area contributed by atoms with Crippen LogP contribution in [0.3, 0.4) is 0 Å². The summed E-state index contributed by atoms with van der Waals surface area (Å²) >= 11 is 0. The van der Waals surface area contributed by atoms with Crippen molar-refractivity contribution in [1.29, 1.82) is 0 Å². The lowest BCUT2D eigenvalue weighted by atomic mass is 9.90. The van der Waals surface area contributed by atoms with Gasteiger partial charge in [-0.3, -0.25) is 4.98 Å². The normalized spacial score (nSPS) is 14.3. The van der Waals surface area contributed by atoms with Gasteiger partial charge in [0.15, 0.2) is 0 Å². The minimum Gasteiger partial charge on any atom is -0.385 e. The van der Waals surface area contributed by atoms with Gasteiger partial charge in [0, 0.05) is 31.3 Å². The van der Waals surface area contributed by atoms with Gasteiger partial charge in [0.25, 0.3) is 0 Å². The molecule has 2 atom stereocenters. The fourth-order valence-corrected chi connectivity index (χ4v) is 2.70. The number of hydrogen-bond donors (Lipinski definition) is 1. The molecule has 1 N–H and O–H groups in total. The van der Waals surface area contributed by atoms with Gasteiger partial charge < -0.3 is 10.1 Å². The van der Waals surface area contributed by atoms with Crippen molar-refractivity contribution < 1.29 is 4.74 Å². The first-order chi connectivity index (χ1) is 9.77. The molecule has 0 aliphatic rings. The van der Waals surface area contributed by atoms with Crippen LogP contribution in [0.25, 0.3) is 10.9 Å². The Bertz CT molecular complexity index is 536. The van der Waals surface area contributed by atoms with Gasteiger partial charge in [0.2, 0.25) is 0 Å². The highest BCUT2D eigenvalue weighted by Gasteiger charge is 2.20. The maximum absolute atomic E-state index is 5.22. The number of para-hydroxylation sites is 1. The Morgan fingerprint density at radius 3 is 2.80 bits per heavy atom. The van der Waals surface area contributed by atoms with E-state index in [0.29, 0.717) is 12.0 Å². The molecule has 0 fully saturated rings. The predicted molar refractivity (Wildman–Crippen MR) is 83.8 cm³/mol. The van der Waals surface area contributed by atoms with Gasteiger partial charge in [-0.25, -0.2) is 0 Å². The van der Waals surface area contributed by atoms with E-state index in [2.05, 4.69) is 48.4 Å². The minimum absolute atomic E-state index is 0.336. The van der Waals surface area contributed by atoms with E-state index >= 15 is 0 Å². The summed E-state index contributed by atoms with van der Waals surface area (Å²) in [4.78, 5) is 4.45. The van der Waals surface area contributed by atoms with Gasteiger partial charge >= 0.3 is 0 Å². The first kappa shape index (κ1) is 14.9. The van der Waals surface area contributed by atoms with Crippen LogP contribution in [-0.4, -0.2) is 25.2 Å². The fourth-order valence-electron chi connectivity index (χ4n) is 2.70. The van der Waals surface area contributed by atoms with Crippen LogP contribution >= 0.6 is 0 Å². The number of benzene rings is 1. The topological polar surface area (TPSA) is 34.2 Å². The summed E-state index contributed by atoms with van der Waals surface area (Å²) in [6, 6.07) is 10.8. The molecule has 0 saturated carbocycles. The molecule has 0 radical (unpaired) electrons. The van der Waals surface area contributed by atoms with Crippen molar-refractivity contribution in [3.05, 3.63) is 42.1 Å². The van der Waals surface area contributed by atoms with Gasteiger partial charge in [-0.15, -0.1) is 0 Å². The van der Waals surface area contributed by atoms with Gasteiger partial charge in [-0.05, 0) is 36.6 Å². The smallest absolute Gasteiger partial charge is 0.0705 e. The van der Waals surface area contributed by atoms with Crippen LogP contribution in [0.2, 0.25) is 0 Å². The lowest BCUT2D eigenvalue weighted by Gasteiger charge is -2.26. The summed E-state index contributed by atoms with van der Waals surface area (Å²) < 4.78 is 5.22. The summed E-state index contributed by atoms with van der Waals surface area (Å²) in [5, 5.41) is 4.86. The molecule has 2 unspecified atom stereocenters. The highest BCUT2D eigenvalue weighted by Crippen LogP contribution is 2.29. The van der Waals surface area contributed by atoms with Crippen LogP contribution < -0.4 is 5.32 Å². The molecule has 0 aliphatic heterocycles. The van der Waals surface area contributed by atoms with Crippen molar-refractivity contribution in [3.63, 3.8) is 0 Å². The Balaban J connectivity index is 2.35. The molecule has 0 bridgehead atoms. The molecule has 0 spiro atoms. The van der Waals surface area contributed by atoms with Crippen molar-refractivity contribution >= 4 is 10.9 Å². The standard InChI is InChI=1S/C17H24N2O/c1-4-18-17(13(2)10-12-20-3)15-9-11-19-16-8-6-5-7-14(15)16/h5-9,11,13,17-18H,4,10,12H2,1-3H3. The SMILES string of the molecule is CCNC(c1ccnc2ccccc12)C(C)CCOC. The molecule has 2 rings (SSSR count). The van der Waals surface area contributed by atoms with E-state index < -0.39 is 0 Å². The van der Waals surface area contributed by atoms with E-state index in [1.165, 1.54) is 10.9 Å². The summed E-state index contributed by atoms with van der Waals surface area (Å²) in [6.07, 6.45) is 2.95. The highest BCUT2D eigenvalue weighted by atomic mass is 16.5. The number of fused-ring (bicyclic) bond motifs is 1. The number of hydrogen-bond acceptors (Lipinski definition) is 3. The maximum Gasteiger partial charge on any atom is 0.0705 e. The summed E-state index contributed by atoms with van der Waals surface area (Å²) in [6.45, 7) is 6.19. The first-order valence-corrected chi connectivity index (χ1v) is 7.34. The second-order valence-electron chi connectivity index (χ2n) is 5.21. The van der Waals surface area contributed by atoms with Crippen molar-refractivity contribution in [3.8, 4) is 0 Å². The van der Waals surface area contributed by atoms with Crippen LogP contribution in [0.15, 0.2) is 36.5 Å². The van der Waals surface area contributed by atoms with E-state index in [1.807, 2.05) is 12.3 Å². The maximum atomic E-state index is 5.22. The molecule has 0 saturated heterocycles. The largest absolute Gasteiger partial charge is 0.385 e. The van der Waals surface area contributed by atoms with Crippen molar-refractivity contribution in [2.75, 3.05) is 20.3 Å². The zero-order valence-electron chi connectivity index (χ0n) is 12.6. The average Bonchev–Trinajstić information content (AvgIpc) is 2.50. The Morgan fingerprint density at radius 1 is 1.25 bits per heavy atom. The van der Waals surface area contributed by atoms with Crippen molar-refractivity contribution in [1.82, 2.24) is 10.3 Å². The van der Waals surface area contributed by atoms with Crippen molar-refractivity contribution in [2.24, 2.45) is 5.92 Å². The van der Waals surface area contributed by atoms with E-state index in [4.69, 9.17) is 4.74 Å². The Hall–Kier alpha value is -1.45. The minimum atomic E-state index is 0.336. The van der Waals surface area contributed by atoms with Crippen LogP contribution in [0.5, 0.6) is 0 Å². The predicted octanol–water partition coefficient (Wildman–Crippen LogP) is 3.56. The molecule has 0 aliphatic carbocycles. The molecule has 3 nitrogen and oxygen atoms in total. The second kappa shape index (κ2) is 7.36.